The molecule has 0 aromatic carbocycles. The van der Waals surface area contributed by atoms with Crippen LogP contribution < -0.4 is 0 Å². The van der Waals surface area contributed by atoms with Crippen molar-refractivity contribution in [1.82, 2.24) is 0 Å². The standard InChI is InChI=1S/C26H32O9/c1-22-13-7-15(28)24(3)19(25(13,10-34-21(22)32)16(29)8-14(22)27)18(30)20(31)23(2)12(11-4-5-33-9-11)6-17-26(23,24)35-17/h4-5,9,12-17,19-20,27-29,31H,6-8,10H2,1-3H3/t12-,13-,14+,15+,16-,17+,19-,20-,22+,23+,24+,25+,26+/m0/s1. The van der Waals surface area contributed by atoms with Crippen molar-refractivity contribution < 1.29 is 43.9 Å². The number of ether oxygens (including phenoxy) is 2. The zero-order chi connectivity index (χ0) is 24.9. The zero-order valence-corrected chi connectivity index (χ0v) is 20.0. The Bertz CT molecular complexity index is 1130. The predicted octanol–water partition coefficient (Wildman–Crippen LogP) is 0.533. The van der Waals surface area contributed by atoms with E-state index in [0.29, 0.717) is 6.42 Å². The van der Waals surface area contributed by atoms with Gasteiger partial charge in [-0.3, -0.25) is 9.59 Å². The number of esters is 1. The molecule has 0 radical (unpaired) electrons. The molecule has 2 saturated heterocycles. The summed E-state index contributed by atoms with van der Waals surface area (Å²) in [5.41, 5.74) is -4.92. The van der Waals surface area contributed by atoms with Crippen molar-refractivity contribution in [1.29, 1.82) is 0 Å². The van der Waals surface area contributed by atoms with E-state index < -0.39 is 75.3 Å². The van der Waals surface area contributed by atoms with Crippen LogP contribution in [0, 0.1) is 33.5 Å². The van der Waals surface area contributed by atoms with E-state index in [1.807, 2.05) is 19.9 Å². The Morgan fingerprint density at radius 2 is 1.69 bits per heavy atom. The highest BCUT2D eigenvalue weighted by Gasteiger charge is 2.92. The van der Waals surface area contributed by atoms with E-state index in [9.17, 15) is 30.0 Å². The average molecular weight is 489 g/mol. The highest BCUT2D eigenvalue weighted by Crippen LogP contribution is 2.82. The molecule has 35 heavy (non-hydrogen) atoms. The number of hydrogen-bond acceptors (Lipinski definition) is 9. The summed E-state index contributed by atoms with van der Waals surface area (Å²) < 4.78 is 17.3. The summed E-state index contributed by atoms with van der Waals surface area (Å²) in [6.45, 7) is 5.11. The number of hydrogen-bond donors (Lipinski definition) is 4. The summed E-state index contributed by atoms with van der Waals surface area (Å²) in [5, 5.41) is 46.0. The topological polar surface area (TPSA) is 150 Å². The van der Waals surface area contributed by atoms with Gasteiger partial charge in [-0.05, 0) is 37.3 Å². The number of aliphatic hydroxyl groups is 4. The van der Waals surface area contributed by atoms with Crippen LogP contribution in [0.1, 0.15) is 51.5 Å². The summed E-state index contributed by atoms with van der Waals surface area (Å²) in [5.74, 6) is -2.98. The Morgan fingerprint density at radius 3 is 2.37 bits per heavy atom. The average Bonchev–Trinajstić information content (AvgIpc) is 3.18. The number of rotatable bonds is 1. The van der Waals surface area contributed by atoms with E-state index in [1.54, 1.807) is 19.5 Å². The fraction of sp³-hybridized carbons (Fsp3) is 0.769. The van der Waals surface area contributed by atoms with Gasteiger partial charge in [-0.25, -0.2) is 0 Å². The van der Waals surface area contributed by atoms with E-state index in [2.05, 4.69) is 0 Å². The van der Waals surface area contributed by atoms with Crippen LogP contribution in [-0.4, -0.2) is 74.9 Å². The number of epoxide rings is 1. The maximum atomic E-state index is 14.3. The molecular formula is C26H32O9. The maximum Gasteiger partial charge on any atom is 0.314 e. The molecule has 4 aliphatic carbocycles. The smallest absolute Gasteiger partial charge is 0.314 e. The quantitative estimate of drug-likeness (QED) is 0.328. The molecule has 7 rings (SSSR count). The number of Topliss-reactive ketones (excluding diaryl/α,β-unsaturated/α-hetero) is 1. The summed E-state index contributed by atoms with van der Waals surface area (Å²) in [6.07, 6.45) is -1.29. The molecule has 2 bridgehead atoms. The van der Waals surface area contributed by atoms with Gasteiger partial charge in [-0.15, -0.1) is 0 Å². The predicted molar refractivity (Wildman–Crippen MR) is 117 cm³/mol. The largest absolute Gasteiger partial charge is 0.472 e. The van der Waals surface area contributed by atoms with Crippen molar-refractivity contribution in [3.63, 3.8) is 0 Å². The Morgan fingerprint density at radius 1 is 0.943 bits per heavy atom. The fourth-order valence-corrected chi connectivity index (χ4v) is 10.2. The van der Waals surface area contributed by atoms with E-state index in [-0.39, 0.29) is 31.5 Å². The van der Waals surface area contributed by atoms with Gasteiger partial charge in [0.15, 0.2) is 5.78 Å². The molecule has 13 atom stereocenters. The lowest BCUT2D eigenvalue weighted by Gasteiger charge is -2.71. The van der Waals surface area contributed by atoms with Gasteiger partial charge >= 0.3 is 5.97 Å². The first-order valence-corrected chi connectivity index (χ1v) is 12.6. The van der Waals surface area contributed by atoms with Gasteiger partial charge in [0, 0.05) is 34.5 Å². The van der Waals surface area contributed by atoms with E-state index in [4.69, 9.17) is 13.9 Å². The molecule has 6 fully saturated rings. The second-order valence-electron chi connectivity index (χ2n) is 12.5. The highest BCUT2D eigenvalue weighted by atomic mass is 16.6. The third kappa shape index (κ3) is 1.97. The molecule has 190 valence electrons. The molecule has 1 aromatic rings. The molecule has 3 heterocycles. The lowest BCUT2D eigenvalue weighted by molar-refractivity contribution is -0.312. The Balaban J connectivity index is 1.45. The molecule has 9 nitrogen and oxygen atoms in total. The van der Waals surface area contributed by atoms with Crippen molar-refractivity contribution in [3.05, 3.63) is 24.2 Å². The minimum absolute atomic E-state index is 0.0830. The Labute approximate surface area is 202 Å². The minimum Gasteiger partial charge on any atom is -0.472 e. The van der Waals surface area contributed by atoms with Crippen LogP contribution >= 0.6 is 0 Å². The van der Waals surface area contributed by atoms with Gasteiger partial charge < -0.3 is 34.3 Å². The van der Waals surface area contributed by atoms with Crippen LogP contribution in [0.5, 0.6) is 0 Å². The molecule has 9 heteroatoms. The fourth-order valence-electron chi connectivity index (χ4n) is 10.2. The maximum absolute atomic E-state index is 14.3. The van der Waals surface area contributed by atoms with Crippen LogP contribution in [0.2, 0.25) is 0 Å². The minimum atomic E-state index is -1.42. The molecule has 4 saturated carbocycles. The van der Waals surface area contributed by atoms with Crippen molar-refractivity contribution in [3.8, 4) is 0 Å². The Kier molecular flexibility index (Phi) is 3.97. The number of cyclic esters (lactones) is 1. The van der Waals surface area contributed by atoms with Gasteiger partial charge in [0.1, 0.15) is 18.3 Å². The molecule has 1 spiro atoms. The first-order chi connectivity index (χ1) is 16.4. The highest BCUT2D eigenvalue weighted by molar-refractivity contribution is 5.92. The monoisotopic (exact) mass is 488 g/mol. The van der Waals surface area contributed by atoms with Crippen LogP contribution in [0.3, 0.4) is 0 Å². The molecule has 2 aliphatic heterocycles. The lowest BCUT2D eigenvalue weighted by atomic mass is 9.33. The second kappa shape index (κ2) is 6.19. The number of carbonyl (C=O) groups is 2. The van der Waals surface area contributed by atoms with Crippen molar-refractivity contribution in [2.75, 3.05) is 6.61 Å². The number of furan rings is 1. The van der Waals surface area contributed by atoms with Crippen LogP contribution in [0.15, 0.2) is 23.0 Å². The van der Waals surface area contributed by atoms with Crippen molar-refractivity contribution in [2.45, 2.75) is 82.1 Å². The third-order valence-electron chi connectivity index (χ3n) is 11.9. The summed E-state index contributed by atoms with van der Waals surface area (Å²) >= 11 is 0. The van der Waals surface area contributed by atoms with E-state index in [0.717, 1.165) is 5.56 Å². The summed E-state index contributed by atoms with van der Waals surface area (Å²) in [4.78, 5) is 27.3. The van der Waals surface area contributed by atoms with E-state index >= 15 is 0 Å². The molecule has 1 aromatic heterocycles. The molecular weight excluding hydrogens is 456 g/mol. The van der Waals surface area contributed by atoms with Crippen LogP contribution in [0.25, 0.3) is 0 Å². The zero-order valence-electron chi connectivity index (χ0n) is 20.0. The van der Waals surface area contributed by atoms with Crippen LogP contribution in [-0.2, 0) is 19.1 Å². The van der Waals surface area contributed by atoms with Gasteiger partial charge in [-0.2, -0.15) is 0 Å². The molecule has 6 aliphatic rings. The molecule has 0 amide bonds. The lowest BCUT2D eigenvalue weighted by Crippen LogP contribution is -2.81. The van der Waals surface area contributed by atoms with Crippen LogP contribution in [0.4, 0.5) is 0 Å². The van der Waals surface area contributed by atoms with Crippen molar-refractivity contribution >= 4 is 11.8 Å². The second-order valence-corrected chi connectivity index (χ2v) is 12.5. The van der Waals surface area contributed by atoms with Crippen molar-refractivity contribution in [2.24, 2.45) is 33.5 Å². The van der Waals surface area contributed by atoms with Gasteiger partial charge in [0.2, 0.25) is 0 Å². The third-order valence-corrected chi connectivity index (χ3v) is 11.9. The summed E-state index contributed by atoms with van der Waals surface area (Å²) in [7, 11) is 0. The van der Waals surface area contributed by atoms with Gasteiger partial charge in [0.25, 0.3) is 0 Å². The number of aliphatic hydroxyl groups excluding tert-OH is 4. The molecule has 0 unspecified atom stereocenters. The van der Waals surface area contributed by atoms with Gasteiger partial charge in [0.05, 0.1) is 42.4 Å². The molecule has 4 N–H and O–H groups in total. The number of carbonyl (C=O) groups excluding carboxylic acids is 2. The van der Waals surface area contributed by atoms with E-state index in [1.165, 1.54) is 0 Å². The number of ketones is 1. The number of fused-ring (bicyclic) bond motifs is 1. The Hall–Kier alpha value is -1.78. The normalized spacial score (nSPS) is 60.2. The summed E-state index contributed by atoms with van der Waals surface area (Å²) in [6, 6.07) is 1.84. The first kappa shape index (κ1) is 22.4. The first-order valence-electron chi connectivity index (χ1n) is 12.6. The SMILES string of the molecule is C[C@@]12C(=O)OC[C@]3([C@H]4C(=O)[C@H](O)[C@@]5(C)[C@H](c6ccoc6)C[C@H]6O[C@]65[C@]4(C)[C@H](O)C[C@@H]13)[C@@H](O)C[C@H]2O. The van der Waals surface area contributed by atoms with Gasteiger partial charge in [-0.1, -0.05) is 13.8 Å².